The van der Waals surface area contributed by atoms with Gasteiger partial charge in [0, 0.05) is 36.7 Å². The molecule has 0 aliphatic carbocycles. The Kier molecular flexibility index (Phi) is 10.1. The van der Waals surface area contributed by atoms with Crippen LogP contribution in [0.15, 0.2) is 53.0 Å². The van der Waals surface area contributed by atoms with Crippen molar-refractivity contribution in [1.29, 1.82) is 0 Å². The van der Waals surface area contributed by atoms with Gasteiger partial charge in [-0.3, -0.25) is 0 Å². The van der Waals surface area contributed by atoms with E-state index >= 15 is 0 Å². The summed E-state index contributed by atoms with van der Waals surface area (Å²) in [7, 11) is 1.82. The molecule has 0 aliphatic rings. The average molecular weight is 454 g/mol. The number of benzene rings is 2. The molecule has 2 aromatic carbocycles. The average Bonchev–Trinajstić information content (AvgIpc) is 2.74. The van der Waals surface area contributed by atoms with Crippen molar-refractivity contribution in [2.24, 2.45) is 4.99 Å². The van der Waals surface area contributed by atoms with E-state index in [1.807, 2.05) is 27.0 Å². The van der Waals surface area contributed by atoms with Crippen molar-refractivity contribution in [2.45, 2.75) is 20.8 Å². The van der Waals surface area contributed by atoms with Gasteiger partial charge in [0.05, 0.1) is 5.22 Å². The maximum Gasteiger partial charge on any atom is 0.319 e. The van der Waals surface area contributed by atoms with Gasteiger partial charge >= 0.3 is 6.03 Å². The van der Waals surface area contributed by atoms with E-state index in [1.165, 1.54) is 6.07 Å². The standard InChI is InChI=1S/C25H32FN5O2/c1-6-28-24(23-18(4)15-21(16-22(23)26)33-14-13-27-5)30-19-7-9-20(10-8-19)31-25(32)29-12-11-17(2)3/h6-11,15-16,27,30H,4,12-14H2,1-3,5H3,(H2,29,31,32)/b24-23-,28-6-. The molecule has 0 radical (unpaired) electrons. The third-order valence-corrected chi connectivity index (χ3v) is 4.44. The lowest BCUT2D eigenvalue weighted by Crippen LogP contribution is -2.31. The van der Waals surface area contributed by atoms with Crippen LogP contribution in [-0.2, 0) is 0 Å². The Morgan fingerprint density at radius 1 is 1.15 bits per heavy atom. The minimum atomic E-state index is -0.485. The summed E-state index contributed by atoms with van der Waals surface area (Å²) in [5.74, 6) is 0.248. The quantitative estimate of drug-likeness (QED) is 0.253. The molecule has 2 aromatic rings. The number of nitrogens with zero attached hydrogens (tertiary/aromatic N) is 1. The van der Waals surface area contributed by atoms with E-state index in [4.69, 9.17) is 4.74 Å². The van der Waals surface area contributed by atoms with Gasteiger partial charge in [0.15, 0.2) is 0 Å². The van der Waals surface area contributed by atoms with Gasteiger partial charge in [0.2, 0.25) is 0 Å². The molecule has 0 saturated heterocycles. The zero-order valence-corrected chi connectivity index (χ0v) is 19.6. The second-order valence-corrected chi connectivity index (χ2v) is 7.45. The van der Waals surface area contributed by atoms with Crippen molar-refractivity contribution in [1.82, 2.24) is 10.6 Å². The number of nitrogens with one attached hydrogen (secondary N) is 4. The van der Waals surface area contributed by atoms with Crippen LogP contribution in [-0.4, -0.2) is 39.0 Å². The molecule has 0 saturated carbocycles. The van der Waals surface area contributed by atoms with E-state index < -0.39 is 5.82 Å². The molecule has 7 nitrogen and oxygen atoms in total. The van der Waals surface area contributed by atoms with Gasteiger partial charge in [-0.15, -0.1) is 0 Å². The SMILES string of the molecule is C=c1cc(OCCNC)cc(F)/c1=C(/N=C\C)Nc1ccc(NC(=O)NCC=C(C)C)cc1. The van der Waals surface area contributed by atoms with Crippen LogP contribution >= 0.6 is 0 Å². The second kappa shape index (κ2) is 13.0. The summed E-state index contributed by atoms with van der Waals surface area (Å²) in [5.41, 5.74) is 2.44. The highest BCUT2D eigenvalue weighted by atomic mass is 19.1. The lowest BCUT2D eigenvalue weighted by Gasteiger charge is -2.11. The van der Waals surface area contributed by atoms with Gasteiger partial charge in [-0.1, -0.05) is 18.2 Å². The predicted molar refractivity (Wildman–Crippen MR) is 135 cm³/mol. The molecule has 2 rings (SSSR count). The van der Waals surface area contributed by atoms with Crippen molar-refractivity contribution in [3.05, 3.63) is 64.3 Å². The van der Waals surface area contributed by atoms with Crippen LogP contribution in [0.3, 0.4) is 0 Å². The number of hydrogen-bond acceptors (Lipinski definition) is 5. The number of anilines is 2. The van der Waals surface area contributed by atoms with Crippen molar-refractivity contribution in [3.63, 3.8) is 0 Å². The molecule has 0 fully saturated rings. The third kappa shape index (κ3) is 8.42. The van der Waals surface area contributed by atoms with Gasteiger partial charge in [-0.05, 0) is 63.4 Å². The van der Waals surface area contributed by atoms with Gasteiger partial charge < -0.3 is 26.0 Å². The Hall–Kier alpha value is -3.65. The van der Waals surface area contributed by atoms with Crippen molar-refractivity contribution >= 4 is 36.0 Å². The maximum atomic E-state index is 14.9. The zero-order valence-electron chi connectivity index (χ0n) is 19.6. The predicted octanol–water partition coefficient (Wildman–Crippen LogP) is 3.19. The molecule has 8 heteroatoms. The molecular formula is C25H32FN5O2. The van der Waals surface area contributed by atoms with E-state index in [2.05, 4.69) is 32.8 Å². The molecule has 0 aliphatic heterocycles. The fourth-order valence-corrected chi connectivity index (χ4v) is 2.84. The Morgan fingerprint density at radius 2 is 1.82 bits per heavy atom. The van der Waals surface area contributed by atoms with Crippen LogP contribution in [0, 0.1) is 5.82 Å². The number of amides is 2. The molecule has 0 unspecified atom stereocenters. The molecule has 0 atom stereocenters. The van der Waals surface area contributed by atoms with Crippen molar-refractivity contribution < 1.29 is 13.9 Å². The minimum absolute atomic E-state index is 0.259. The number of ether oxygens (including phenoxy) is 1. The molecule has 4 N–H and O–H groups in total. The van der Waals surface area contributed by atoms with E-state index in [-0.39, 0.29) is 11.2 Å². The number of carbonyl (C=O) groups excluding carboxylic acids is 1. The lowest BCUT2D eigenvalue weighted by atomic mass is 10.2. The van der Waals surface area contributed by atoms with Crippen LogP contribution in [0.1, 0.15) is 20.8 Å². The Labute approximate surface area is 194 Å². The van der Waals surface area contributed by atoms with Crippen LogP contribution in [0.2, 0.25) is 0 Å². The number of urea groups is 1. The summed E-state index contributed by atoms with van der Waals surface area (Å²) in [6, 6.07) is 9.75. The van der Waals surface area contributed by atoms with Gasteiger partial charge in [0.25, 0.3) is 0 Å². The largest absolute Gasteiger partial charge is 0.492 e. The number of aliphatic imine (C=N–C) groups is 1. The molecule has 2 amide bonds. The summed E-state index contributed by atoms with van der Waals surface area (Å²) in [5, 5.41) is 12.3. The first kappa shape index (κ1) is 25.6. The number of likely N-dealkylation sites (N-methyl/N-ethyl adjacent to an activating group) is 1. The van der Waals surface area contributed by atoms with Crippen LogP contribution < -0.4 is 36.4 Å². The van der Waals surface area contributed by atoms with Crippen LogP contribution in [0.25, 0.3) is 12.4 Å². The molecular weight excluding hydrogens is 421 g/mol. The summed E-state index contributed by atoms with van der Waals surface area (Å²) in [6.45, 7) is 11.2. The van der Waals surface area contributed by atoms with E-state index in [0.29, 0.717) is 47.9 Å². The summed E-state index contributed by atoms with van der Waals surface area (Å²) >= 11 is 0. The summed E-state index contributed by atoms with van der Waals surface area (Å²) in [6.07, 6.45) is 3.50. The monoisotopic (exact) mass is 453 g/mol. The first-order valence-electron chi connectivity index (χ1n) is 10.7. The number of carbonyl (C=O) groups is 1. The van der Waals surface area contributed by atoms with E-state index in [0.717, 1.165) is 5.57 Å². The fourth-order valence-electron chi connectivity index (χ4n) is 2.84. The normalized spacial score (nSPS) is 11.7. The Bertz CT molecular complexity index is 1110. The van der Waals surface area contributed by atoms with Gasteiger partial charge in [0.1, 0.15) is 24.0 Å². The molecule has 0 spiro atoms. The topological polar surface area (TPSA) is 86.8 Å². The van der Waals surface area contributed by atoms with E-state index in [1.54, 1.807) is 43.5 Å². The maximum absolute atomic E-state index is 14.9. The van der Waals surface area contributed by atoms with Gasteiger partial charge in [-0.25, -0.2) is 14.2 Å². The number of allylic oxidation sites excluding steroid dienone is 1. The second-order valence-electron chi connectivity index (χ2n) is 7.45. The molecule has 0 bridgehead atoms. The lowest BCUT2D eigenvalue weighted by molar-refractivity contribution is 0.253. The molecule has 33 heavy (non-hydrogen) atoms. The highest BCUT2D eigenvalue weighted by Crippen LogP contribution is 2.16. The minimum Gasteiger partial charge on any atom is -0.492 e. The molecule has 0 aromatic heterocycles. The van der Waals surface area contributed by atoms with Crippen LogP contribution in [0.4, 0.5) is 20.6 Å². The summed E-state index contributed by atoms with van der Waals surface area (Å²) < 4.78 is 20.5. The first-order valence-corrected chi connectivity index (χ1v) is 10.7. The Morgan fingerprint density at radius 3 is 2.39 bits per heavy atom. The molecule has 0 heterocycles. The highest BCUT2D eigenvalue weighted by Gasteiger charge is 2.07. The van der Waals surface area contributed by atoms with E-state index in [9.17, 15) is 9.18 Å². The third-order valence-electron chi connectivity index (χ3n) is 4.44. The Balaban J connectivity index is 2.19. The van der Waals surface area contributed by atoms with Crippen molar-refractivity contribution in [3.8, 4) is 5.75 Å². The zero-order chi connectivity index (χ0) is 24.2. The highest BCUT2D eigenvalue weighted by molar-refractivity contribution is 5.89. The number of halogens is 1. The molecule has 176 valence electrons. The first-order chi connectivity index (χ1) is 15.8. The van der Waals surface area contributed by atoms with Crippen LogP contribution in [0.5, 0.6) is 5.75 Å². The fraction of sp³-hybridized carbons (Fsp3) is 0.280. The van der Waals surface area contributed by atoms with Gasteiger partial charge in [-0.2, -0.15) is 0 Å². The number of hydrogen-bond donors (Lipinski definition) is 4. The smallest absolute Gasteiger partial charge is 0.319 e. The van der Waals surface area contributed by atoms with Crippen molar-refractivity contribution in [2.75, 3.05) is 37.4 Å². The number of rotatable bonds is 10. The summed E-state index contributed by atoms with van der Waals surface area (Å²) in [4.78, 5) is 16.3.